The van der Waals surface area contributed by atoms with Crippen LogP contribution in [0, 0.1) is 0 Å². The predicted octanol–water partition coefficient (Wildman–Crippen LogP) is 2.01. The minimum absolute atomic E-state index is 0.456. The zero-order valence-corrected chi connectivity index (χ0v) is 21.1. The molecule has 0 bridgehead atoms. The molecule has 1 rings (SSSR count). The fourth-order valence-electron chi connectivity index (χ4n) is 2.80. The highest BCUT2D eigenvalue weighted by Crippen LogP contribution is 2.24. The van der Waals surface area contributed by atoms with Crippen molar-refractivity contribution in [1.82, 2.24) is 0 Å². The molecule has 0 saturated carbocycles. The van der Waals surface area contributed by atoms with Crippen LogP contribution in [0.2, 0.25) is 0 Å². The zero-order valence-electron chi connectivity index (χ0n) is 21.1. The number of rotatable bonds is 22. The van der Waals surface area contributed by atoms with Gasteiger partial charge in [-0.15, -0.1) is 0 Å². The molecule has 0 aliphatic heterocycles. The normalized spacial score (nSPS) is 11.7. The van der Waals surface area contributed by atoms with Crippen LogP contribution in [0.15, 0.2) is 18.2 Å². The monoisotopic (exact) mass is 474 g/mol. The molecule has 1 aromatic carbocycles. The van der Waals surface area contributed by atoms with Gasteiger partial charge in [-0.1, -0.05) is 0 Å². The maximum Gasteiger partial charge on any atom is 0.123 e. The summed E-state index contributed by atoms with van der Waals surface area (Å²) in [6.45, 7) is 7.22. The Bertz CT molecular complexity index is 554. The maximum absolute atomic E-state index is 5.91. The second-order valence-electron chi connectivity index (χ2n) is 8.39. The molecule has 0 fully saturated rings. The predicted molar refractivity (Wildman–Crippen MR) is 126 cm³/mol. The quantitative estimate of drug-likeness (QED) is 0.187. The van der Waals surface area contributed by atoms with E-state index in [1.807, 2.05) is 6.07 Å². The number of hydrogen-bond donors (Lipinski definition) is 0. The van der Waals surface area contributed by atoms with E-state index < -0.39 is 0 Å². The highest BCUT2D eigenvalue weighted by molar-refractivity contribution is 5.38. The highest BCUT2D eigenvalue weighted by atomic mass is 16.6. The number of quaternary nitrogens is 1. The molecule has 0 radical (unpaired) electrons. The van der Waals surface area contributed by atoms with E-state index >= 15 is 0 Å². The summed E-state index contributed by atoms with van der Waals surface area (Å²) in [6, 6.07) is 6.01. The SMILES string of the molecule is COCCOCCOCCOc1cc(C[N+](C)(C)C)cc(OCCOCCOCCOC)c1. The van der Waals surface area contributed by atoms with Crippen LogP contribution in [0.3, 0.4) is 0 Å². The first-order valence-electron chi connectivity index (χ1n) is 11.4. The molecule has 0 N–H and O–H groups in total. The van der Waals surface area contributed by atoms with Crippen LogP contribution in [0.4, 0.5) is 0 Å². The Morgan fingerprint density at radius 1 is 0.515 bits per heavy atom. The molecular formula is C24H44NO8+. The Morgan fingerprint density at radius 3 is 1.24 bits per heavy atom. The largest absolute Gasteiger partial charge is 0.491 e. The van der Waals surface area contributed by atoms with E-state index in [-0.39, 0.29) is 0 Å². The van der Waals surface area contributed by atoms with Crippen LogP contribution in [0.5, 0.6) is 11.5 Å². The summed E-state index contributed by atoms with van der Waals surface area (Å²) in [5, 5.41) is 0. The van der Waals surface area contributed by atoms with Gasteiger partial charge in [0.1, 0.15) is 31.3 Å². The lowest BCUT2D eigenvalue weighted by Crippen LogP contribution is -2.33. The van der Waals surface area contributed by atoms with Gasteiger partial charge in [0, 0.05) is 25.8 Å². The Morgan fingerprint density at radius 2 is 0.879 bits per heavy atom. The summed E-state index contributed by atoms with van der Waals surface area (Å²) in [5.41, 5.74) is 1.15. The molecule has 192 valence electrons. The number of methoxy groups -OCH3 is 2. The van der Waals surface area contributed by atoms with E-state index in [2.05, 4.69) is 33.3 Å². The third-order valence-corrected chi connectivity index (χ3v) is 4.20. The Hall–Kier alpha value is -1.46. The molecule has 0 atom stereocenters. The summed E-state index contributed by atoms with van der Waals surface area (Å²) in [7, 11) is 9.76. The van der Waals surface area contributed by atoms with Gasteiger partial charge in [0.15, 0.2) is 0 Å². The van der Waals surface area contributed by atoms with Crippen LogP contribution < -0.4 is 9.47 Å². The third-order valence-electron chi connectivity index (χ3n) is 4.20. The van der Waals surface area contributed by atoms with E-state index in [0.29, 0.717) is 79.3 Å². The smallest absolute Gasteiger partial charge is 0.123 e. The molecule has 0 spiro atoms. The third kappa shape index (κ3) is 17.7. The van der Waals surface area contributed by atoms with Gasteiger partial charge in [0.05, 0.1) is 87.2 Å². The number of hydrogen-bond acceptors (Lipinski definition) is 8. The van der Waals surface area contributed by atoms with Crippen molar-refractivity contribution in [2.75, 3.05) is 115 Å². The summed E-state index contributed by atoms with van der Waals surface area (Å²) in [6.07, 6.45) is 0. The molecule has 0 aromatic heterocycles. The van der Waals surface area contributed by atoms with Crippen molar-refractivity contribution < 1.29 is 42.4 Å². The van der Waals surface area contributed by atoms with Crippen molar-refractivity contribution in [3.8, 4) is 11.5 Å². The van der Waals surface area contributed by atoms with Crippen molar-refractivity contribution >= 4 is 0 Å². The van der Waals surface area contributed by atoms with Gasteiger partial charge in [0.25, 0.3) is 0 Å². The minimum Gasteiger partial charge on any atom is -0.491 e. The fourth-order valence-corrected chi connectivity index (χ4v) is 2.80. The lowest BCUT2D eigenvalue weighted by atomic mass is 10.2. The Balaban J connectivity index is 2.38. The van der Waals surface area contributed by atoms with E-state index in [9.17, 15) is 0 Å². The molecule has 33 heavy (non-hydrogen) atoms. The van der Waals surface area contributed by atoms with Crippen LogP contribution >= 0.6 is 0 Å². The molecule has 0 saturated heterocycles. The number of ether oxygens (including phenoxy) is 8. The standard InChI is InChI=1S/C24H44NO8/c1-25(2,3)21-22-18-23(32-16-14-30-12-10-28-8-6-26-4)20-24(19-22)33-17-15-31-13-11-29-9-7-27-5/h18-20H,6-17,21H2,1-5H3/q+1. The first-order chi connectivity index (χ1) is 15.9. The highest BCUT2D eigenvalue weighted by Gasteiger charge is 2.12. The number of nitrogens with zero attached hydrogens (tertiary/aromatic N) is 1. The van der Waals surface area contributed by atoms with Crippen LogP contribution in [0.25, 0.3) is 0 Å². The summed E-state index contributed by atoms with van der Waals surface area (Å²) in [5.74, 6) is 1.53. The number of benzene rings is 1. The molecule has 9 nitrogen and oxygen atoms in total. The molecule has 1 aromatic rings. The van der Waals surface area contributed by atoms with Crippen molar-refractivity contribution in [3.05, 3.63) is 23.8 Å². The zero-order chi connectivity index (χ0) is 24.2. The average molecular weight is 475 g/mol. The van der Waals surface area contributed by atoms with Crippen LogP contribution in [-0.4, -0.2) is 119 Å². The first kappa shape index (κ1) is 29.6. The maximum atomic E-state index is 5.91. The topological polar surface area (TPSA) is 73.8 Å². The second-order valence-corrected chi connectivity index (χ2v) is 8.39. The van der Waals surface area contributed by atoms with Crippen molar-refractivity contribution in [1.29, 1.82) is 0 Å². The first-order valence-corrected chi connectivity index (χ1v) is 11.4. The molecule has 0 aliphatic carbocycles. The van der Waals surface area contributed by atoms with Crippen molar-refractivity contribution in [2.24, 2.45) is 0 Å². The van der Waals surface area contributed by atoms with E-state index in [1.165, 1.54) is 0 Å². The van der Waals surface area contributed by atoms with Gasteiger partial charge in [-0.2, -0.15) is 0 Å². The summed E-state index contributed by atoms with van der Waals surface area (Å²) < 4.78 is 44.3. The van der Waals surface area contributed by atoms with E-state index in [1.54, 1.807) is 14.2 Å². The summed E-state index contributed by atoms with van der Waals surface area (Å²) in [4.78, 5) is 0. The van der Waals surface area contributed by atoms with Crippen molar-refractivity contribution in [3.63, 3.8) is 0 Å². The lowest BCUT2D eigenvalue weighted by Gasteiger charge is -2.24. The van der Waals surface area contributed by atoms with E-state index in [4.69, 9.17) is 37.9 Å². The minimum atomic E-state index is 0.456. The Kier molecular flexibility index (Phi) is 16.9. The summed E-state index contributed by atoms with van der Waals surface area (Å²) >= 11 is 0. The van der Waals surface area contributed by atoms with Gasteiger partial charge >= 0.3 is 0 Å². The molecule has 9 heteroatoms. The van der Waals surface area contributed by atoms with Gasteiger partial charge in [-0.3, -0.25) is 0 Å². The van der Waals surface area contributed by atoms with Gasteiger partial charge in [0.2, 0.25) is 0 Å². The van der Waals surface area contributed by atoms with Crippen molar-refractivity contribution in [2.45, 2.75) is 6.54 Å². The molecule has 0 aliphatic rings. The van der Waals surface area contributed by atoms with Crippen LogP contribution in [0.1, 0.15) is 5.56 Å². The Labute approximate surface area is 199 Å². The fraction of sp³-hybridized carbons (Fsp3) is 0.750. The molecule has 0 unspecified atom stereocenters. The van der Waals surface area contributed by atoms with Gasteiger partial charge in [-0.05, 0) is 12.1 Å². The molecule has 0 heterocycles. The van der Waals surface area contributed by atoms with Gasteiger partial charge in [-0.25, -0.2) is 0 Å². The van der Waals surface area contributed by atoms with Crippen LogP contribution in [-0.2, 0) is 35.0 Å². The molecule has 0 amide bonds. The molecular weight excluding hydrogens is 430 g/mol. The van der Waals surface area contributed by atoms with Gasteiger partial charge < -0.3 is 42.4 Å². The average Bonchev–Trinajstić information content (AvgIpc) is 2.75. The lowest BCUT2D eigenvalue weighted by molar-refractivity contribution is -0.884. The van der Waals surface area contributed by atoms with E-state index in [0.717, 1.165) is 28.1 Å². The second kappa shape index (κ2) is 18.9.